The number of hydrogen-bond donors (Lipinski definition) is 0. The molecule has 5 nitrogen and oxygen atoms in total. The first-order valence-electron chi connectivity index (χ1n) is 9.28. The summed E-state index contributed by atoms with van der Waals surface area (Å²) in [6.07, 6.45) is -2.62. The van der Waals surface area contributed by atoms with Crippen molar-refractivity contribution in [3.8, 4) is 17.2 Å². The first kappa shape index (κ1) is 24.5. The van der Waals surface area contributed by atoms with Gasteiger partial charge in [0.15, 0.2) is 0 Å². The number of aliphatic carboxylic acids is 1. The summed E-state index contributed by atoms with van der Waals surface area (Å²) in [7, 11) is 0. The molecule has 3 rings (SSSR count). The van der Waals surface area contributed by atoms with E-state index in [2.05, 4.69) is 0 Å². The van der Waals surface area contributed by atoms with Crippen LogP contribution in [-0.2, 0) is 11.0 Å². The Labute approximate surface area is 195 Å². The zero-order chi connectivity index (χ0) is 21.0. The third-order valence-electron chi connectivity index (χ3n) is 4.94. The Hall–Kier alpha value is -1.74. The van der Waals surface area contributed by atoms with Crippen LogP contribution in [0.2, 0.25) is 0 Å². The van der Waals surface area contributed by atoms with Gasteiger partial charge in [-0.25, -0.2) is 0 Å². The molecule has 1 aliphatic rings. The molecule has 2 atom stereocenters. The Morgan fingerprint density at radius 1 is 1.10 bits per heavy atom. The molecule has 2 aromatic rings. The van der Waals surface area contributed by atoms with E-state index in [9.17, 15) is 23.1 Å². The van der Waals surface area contributed by atoms with Gasteiger partial charge in [0.1, 0.15) is 23.9 Å². The molecule has 9 heteroatoms. The fourth-order valence-electron chi connectivity index (χ4n) is 3.33. The van der Waals surface area contributed by atoms with Gasteiger partial charge in [-0.15, -0.1) is 0 Å². The van der Waals surface area contributed by atoms with E-state index in [0.717, 1.165) is 25.0 Å². The summed E-state index contributed by atoms with van der Waals surface area (Å²) in [4.78, 5) is 13.0. The molecule has 1 fully saturated rings. The predicted molar refractivity (Wildman–Crippen MR) is 97.7 cm³/mol. The second-order valence-corrected chi connectivity index (χ2v) is 6.94. The number of likely N-dealkylation sites (tertiary alicyclic amines) is 1. The number of alkyl halides is 3. The summed E-state index contributed by atoms with van der Waals surface area (Å²) in [5, 5.41) is 11.1. The normalized spacial score (nSPS) is 17.8. The number of carbonyl (C=O) groups excluding carboxylic acids is 1. The van der Waals surface area contributed by atoms with Gasteiger partial charge in [0.2, 0.25) is 0 Å². The minimum Gasteiger partial charge on any atom is -0.548 e. The van der Waals surface area contributed by atoms with Crippen LogP contribution in [0.3, 0.4) is 0 Å². The first-order valence-corrected chi connectivity index (χ1v) is 9.28. The van der Waals surface area contributed by atoms with Gasteiger partial charge in [0, 0.05) is 12.1 Å². The second kappa shape index (κ2) is 10.5. The van der Waals surface area contributed by atoms with Crippen molar-refractivity contribution in [3.05, 3.63) is 54.1 Å². The number of ether oxygens (including phenoxy) is 2. The molecule has 30 heavy (non-hydrogen) atoms. The average Bonchev–Trinajstić information content (AvgIpc) is 3.15. The van der Waals surface area contributed by atoms with Crippen LogP contribution in [0, 0.1) is 0 Å². The van der Waals surface area contributed by atoms with Crippen LogP contribution in [0.4, 0.5) is 13.2 Å². The summed E-state index contributed by atoms with van der Waals surface area (Å²) >= 11 is 0. The van der Waals surface area contributed by atoms with E-state index in [1.807, 2.05) is 4.90 Å². The SMILES string of the molecule is CC(C(=O)[O-])N1CCC[C@@H]1COc1ccc(Oc2ccc(C(F)(F)F)cc2)cc1.[Na+]. The Bertz CT molecular complexity index is 828. The van der Waals surface area contributed by atoms with Crippen LogP contribution in [0.15, 0.2) is 48.5 Å². The molecule has 1 unspecified atom stereocenters. The van der Waals surface area contributed by atoms with Crippen molar-refractivity contribution >= 4 is 5.97 Å². The molecule has 1 aliphatic heterocycles. The fourth-order valence-corrected chi connectivity index (χ4v) is 3.33. The van der Waals surface area contributed by atoms with Crippen molar-refractivity contribution in [3.63, 3.8) is 0 Å². The van der Waals surface area contributed by atoms with Crippen LogP contribution < -0.4 is 44.1 Å². The summed E-state index contributed by atoms with van der Waals surface area (Å²) < 4.78 is 49.1. The largest absolute Gasteiger partial charge is 1.00 e. The number of halogens is 3. The van der Waals surface area contributed by atoms with Crippen molar-refractivity contribution in [1.82, 2.24) is 4.90 Å². The van der Waals surface area contributed by atoms with Gasteiger partial charge in [-0.2, -0.15) is 13.2 Å². The third kappa shape index (κ3) is 6.38. The van der Waals surface area contributed by atoms with Crippen molar-refractivity contribution < 1.29 is 62.1 Å². The molecule has 0 radical (unpaired) electrons. The van der Waals surface area contributed by atoms with E-state index in [4.69, 9.17) is 9.47 Å². The molecule has 1 saturated heterocycles. The Balaban J connectivity index is 0.00000320. The summed E-state index contributed by atoms with van der Waals surface area (Å²) in [6, 6.07) is 10.5. The molecule has 0 bridgehead atoms. The Morgan fingerprint density at radius 3 is 2.17 bits per heavy atom. The molecule has 0 amide bonds. The Kier molecular flexibility index (Phi) is 8.61. The van der Waals surface area contributed by atoms with Crippen LogP contribution in [0.25, 0.3) is 0 Å². The molecule has 0 N–H and O–H groups in total. The van der Waals surface area contributed by atoms with E-state index < -0.39 is 23.8 Å². The van der Waals surface area contributed by atoms with Gasteiger partial charge < -0.3 is 19.4 Å². The molecular weight excluding hydrogens is 410 g/mol. The number of benzene rings is 2. The van der Waals surface area contributed by atoms with E-state index in [1.54, 1.807) is 31.2 Å². The third-order valence-corrected chi connectivity index (χ3v) is 4.94. The molecule has 156 valence electrons. The minimum absolute atomic E-state index is 0. The average molecular weight is 431 g/mol. The summed E-state index contributed by atoms with van der Waals surface area (Å²) in [5.41, 5.74) is -0.734. The first-order chi connectivity index (χ1) is 13.7. The fraction of sp³-hybridized carbons (Fsp3) is 0.381. The van der Waals surface area contributed by atoms with Gasteiger partial charge in [-0.1, -0.05) is 0 Å². The number of carbonyl (C=O) groups is 1. The molecule has 0 spiro atoms. The van der Waals surface area contributed by atoms with Crippen molar-refractivity contribution in [2.45, 2.75) is 38.0 Å². The second-order valence-electron chi connectivity index (χ2n) is 6.94. The summed E-state index contributed by atoms with van der Waals surface area (Å²) in [5.74, 6) is 0.258. The zero-order valence-corrected chi connectivity index (χ0v) is 18.8. The van der Waals surface area contributed by atoms with Gasteiger partial charge in [0.25, 0.3) is 0 Å². The van der Waals surface area contributed by atoms with E-state index >= 15 is 0 Å². The maximum atomic E-state index is 12.6. The van der Waals surface area contributed by atoms with Gasteiger partial charge >= 0.3 is 35.7 Å². The van der Waals surface area contributed by atoms with Crippen molar-refractivity contribution in [1.29, 1.82) is 0 Å². The predicted octanol–water partition coefficient (Wildman–Crippen LogP) is 0.483. The van der Waals surface area contributed by atoms with Crippen molar-refractivity contribution in [2.24, 2.45) is 0 Å². The van der Waals surface area contributed by atoms with Gasteiger partial charge in [0.05, 0.1) is 11.5 Å². The molecule has 0 saturated carbocycles. The van der Waals surface area contributed by atoms with Crippen LogP contribution in [-0.4, -0.2) is 36.1 Å². The number of rotatable bonds is 7. The van der Waals surface area contributed by atoms with Gasteiger partial charge in [-0.05, 0) is 74.8 Å². The molecular formula is C21H21F3NNaO4. The van der Waals surface area contributed by atoms with Gasteiger partial charge in [-0.3, -0.25) is 4.90 Å². The van der Waals surface area contributed by atoms with Crippen LogP contribution in [0.5, 0.6) is 17.2 Å². The maximum Gasteiger partial charge on any atom is 1.00 e. The quantitative estimate of drug-likeness (QED) is 0.597. The molecule has 0 aliphatic carbocycles. The van der Waals surface area contributed by atoms with Crippen molar-refractivity contribution in [2.75, 3.05) is 13.2 Å². The smallest absolute Gasteiger partial charge is 0.548 e. The number of hydrogen-bond acceptors (Lipinski definition) is 5. The molecule has 0 aromatic heterocycles. The summed E-state index contributed by atoms with van der Waals surface area (Å²) in [6.45, 7) is 2.67. The number of carboxylic acid groups (broad SMARTS) is 1. The monoisotopic (exact) mass is 431 g/mol. The van der Waals surface area contributed by atoms with E-state index in [0.29, 0.717) is 30.4 Å². The molecule has 1 heterocycles. The van der Waals surface area contributed by atoms with E-state index in [-0.39, 0.29) is 35.6 Å². The standard InChI is InChI=1S/C21H22F3NO4.Na/c1-14(20(26)27)25-12-2-3-16(25)13-28-17-8-10-19(11-9-17)29-18-6-4-15(5-7-18)21(22,23)24;/h4-11,14,16H,2-3,12-13H2,1H3,(H,26,27);/q;+1/p-1/t14?,16-;/m1./s1. The van der Waals surface area contributed by atoms with Crippen LogP contribution >= 0.6 is 0 Å². The molecule has 2 aromatic carbocycles. The minimum atomic E-state index is -4.38. The number of carboxylic acids is 1. The topological polar surface area (TPSA) is 61.8 Å². The zero-order valence-electron chi connectivity index (χ0n) is 16.8. The number of nitrogens with zero attached hydrogens (tertiary/aromatic N) is 1. The van der Waals surface area contributed by atoms with Crippen LogP contribution in [0.1, 0.15) is 25.3 Å². The van der Waals surface area contributed by atoms with E-state index in [1.165, 1.54) is 12.1 Å². The maximum absolute atomic E-state index is 12.6. The Morgan fingerprint density at radius 2 is 1.63 bits per heavy atom.